The van der Waals surface area contributed by atoms with Crippen molar-refractivity contribution in [2.75, 3.05) is 6.26 Å². The third-order valence-corrected chi connectivity index (χ3v) is 3.31. The van der Waals surface area contributed by atoms with Crippen molar-refractivity contribution in [3.8, 4) is 0 Å². The molecule has 0 aliphatic carbocycles. The van der Waals surface area contributed by atoms with Gasteiger partial charge in [-0.05, 0) is 24.5 Å². The molecule has 2 aromatic carbocycles. The van der Waals surface area contributed by atoms with Crippen LogP contribution in [0.15, 0.2) is 41.3 Å². The first-order chi connectivity index (χ1) is 9.02. The Labute approximate surface area is 112 Å². The summed E-state index contributed by atoms with van der Waals surface area (Å²) in [7, 11) is 0. The fourth-order valence-corrected chi connectivity index (χ4v) is 2.08. The summed E-state index contributed by atoms with van der Waals surface area (Å²) in [6.07, 6.45) is 1.84. The number of halogens is 3. The maximum absolute atomic E-state index is 13.5. The number of carbonyl (C=O) groups is 1. The van der Waals surface area contributed by atoms with Gasteiger partial charge in [0.05, 0.1) is 5.56 Å². The van der Waals surface area contributed by atoms with Gasteiger partial charge in [-0.15, -0.1) is 11.8 Å². The summed E-state index contributed by atoms with van der Waals surface area (Å²) in [5.74, 6) is -4.30. The lowest BCUT2D eigenvalue weighted by Crippen LogP contribution is -2.06. The van der Waals surface area contributed by atoms with Gasteiger partial charge in [0.25, 0.3) is 0 Å². The van der Waals surface area contributed by atoms with Gasteiger partial charge in [-0.3, -0.25) is 4.79 Å². The van der Waals surface area contributed by atoms with E-state index in [0.717, 1.165) is 4.90 Å². The lowest BCUT2D eigenvalue weighted by Gasteiger charge is -2.05. The van der Waals surface area contributed by atoms with Gasteiger partial charge >= 0.3 is 0 Å². The van der Waals surface area contributed by atoms with Crippen LogP contribution in [-0.2, 0) is 0 Å². The molecule has 0 N–H and O–H groups in total. The summed E-state index contributed by atoms with van der Waals surface area (Å²) in [5.41, 5.74) is -0.242. The first-order valence-electron chi connectivity index (χ1n) is 5.36. The van der Waals surface area contributed by atoms with E-state index in [1.54, 1.807) is 18.2 Å². The largest absolute Gasteiger partial charge is 0.288 e. The molecule has 0 radical (unpaired) electrons. The third-order valence-electron chi connectivity index (χ3n) is 2.59. The highest BCUT2D eigenvalue weighted by molar-refractivity contribution is 7.98. The van der Waals surface area contributed by atoms with Crippen molar-refractivity contribution in [2.45, 2.75) is 4.90 Å². The molecule has 1 nitrogen and oxygen atoms in total. The molecule has 0 atom stereocenters. The lowest BCUT2D eigenvalue weighted by molar-refractivity contribution is 0.103. The van der Waals surface area contributed by atoms with Crippen LogP contribution >= 0.6 is 11.8 Å². The monoisotopic (exact) mass is 282 g/mol. The maximum Gasteiger partial charge on any atom is 0.196 e. The molecule has 2 aromatic rings. The fraction of sp³-hybridized carbons (Fsp3) is 0.0714. The molecule has 0 heterocycles. The Bertz CT molecular complexity index is 641. The molecule has 0 unspecified atom stereocenters. The van der Waals surface area contributed by atoms with Crippen LogP contribution in [0.25, 0.3) is 0 Å². The predicted molar refractivity (Wildman–Crippen MR) is 68.0 cm³/mol. The van der Waals surface area contributed by atoms with E-state index >= 15 is 0 Å². The van der Waals surface area contributed by atoms with Gasteiger partial charge in [-0.25, -0.2) is 13.2 Å². The summed E-state index contributed by atoms with van der Waals surface area (Å²) in [4.78, 5) is 12.9. The molecular formula is C14H9F3OS. The van der Waals surface area contributed by atoms with Gasteiger partial charge in [0.15, 0.2) is 17.4 Å². The number of thioether (sulfide) groups is 1. The number of rotatable bonds is 3. The summed E-state index contributed by atoms with van der Waals surface area (Å²) in [6.45, 7) is 0. The van der Waals surface area contributed by atoms with Gasteiger partial charge in [0.2, 0.25) is 0 Å². The highest BCUT2D eigenvalue weighted by atomic mass is 32.2. The standard InChI is InChI=1S/C14H9F3OS/c1-19-9-4-2-3-8(5-9)14(18)10-6-12(16)13(17)7-11(10)15/h2-7H,1H3. The smallest absolute Gasteiger partial charge is 0.196 e. The maximum atomic E-state index is 13.5. The Balaban J connectivity index is 2.46. The van der Waals surface area contributed by atoms with Crippen LogP contribution in [0.3, 0.4) is 0 Å². The molecule has 0 saturated heterocycles. The lowest BCUT2D eigenvalue weighted by atomic mass is 10.0. The van der Waals surface area contributed by atoms with Crippen molar-refractivity contribution in [3.63, 3.8) is 0 Å². The second-order valence-corrected chi connectivity index (χ2v) is 4.69. The zero-order valence-electron chi connectivity index (χ0n) is 9.91. The average Bonchev–Trinajstić information content (AvgIpc) is 2.42. The van der Waals surface area contributed by atoms with Crippen molar-refractivity contribution in [1.82, 2.24) is 0 Å². The van der Waals surface area contributed by atoms with Crippen molar-refractivity contribution in [2.24, 2.45) is 0 Å². The van der Waals surface area contributed by atoms with E-state index < -0.39 is 28.8 Å². The van der Waals surface area contributed by atoms with E-state index in [1.807, 2.05) is 6.26 Å². The van der Waals surface area contributed by atoms with Gasteiger partial charge in [0, 0.05) is 16.5 Å². The normalized spacial score (nSPS) is 10.5. The molecule has 0 saturated carbocycles. The van der Waals surface area contributed by atoms with Crippen molar-refractivity contribution >= 4 is 17.5 Å². The van der Waals surface area contributed by atoms with E-state index in [-0.39, 0.29) is 5.56 Å². The van der Waals surface area contributed by atoms with Crippen LogP contribution in [0.1, 0.15) is 15.9 Å². The topological polar surface area (TPSA) is 17.1 Å². The molecule has 0 aliphatic heterocycles. The molecule has 0 aliphatic rings. The van der Waals surface area contributed by atoms with Crippen molar-refractivity contribution in [1.29, 1.82) is 0 Å². The van der Waals surface area contributed by atoms with E-state index in [9.17, 15) is 18.0 Å². The van der Waals surface area contributed by atoms with Crippen LogP contribution in [0.4, 0.5) is 13.2 Å². The van der Waals surface area contributed by atoms with Gasteiger partial charge in [-0.2, -0.15) is 0 Å². The van der Waals surface area contributed by atoms with Gasteiger partial charge in [0.1, 0.15) is 5.82 Å². The Morgan fingerprint density at radius 2 is 1.68 bits per heavy atom. The summed E-state index contributed by atoms with van der Waals surface area (Å²) < 4.78 is 39.4. The SMILES string of the molecule is CSc1cccc(C(=O)c2cc(F)c(F)cc2F)c1. The number of ketones is 1. The van der Waals surface area contributed by atoms with Crippen LogP contribution in [-0.4, -0.2) is 12.0 Å². The summed E-state index contributed by atoms with van der Waals surface area (Å²) in [6, 6.07) is 7.48. The Morgan fingerprint density at radius 1 is 1.00 bits per heavy atom. The quantitative estimate of drug-likeness (QED) is 0.480. The minimum atomic E-state index is -1.31. The predicted octanol–water partition coefficient (Wildman–Crippen LogP) is 4.06. The second-order valence-electron chi connectivity index (χ2n) is 3.81. The summed E-state index contributed by atoms with van der Waals surface area (Å²) >= 11 is 1.43. The zero-order chi connectivity index (χ0) is 14.0. The molecule has 98 valence electrons. The van der Waals surface area contributed by atoms with Crippen LogP contribution in [0, 0.1) is 17.5 Å². The third kappa shape index (κ3) is 2.81. The Morgan fingerprint density at radius 3 is 2.37 bits per heavy atom. The number of hydrogen-bond donors (Lipinski definition) is 0. The molecule has 0 bridgehead atoms. The zero-order valence-corrected chi connectivity index (χ0v) is 10.7. The minimum Gasteiger partial charge on any atom is -0.288 e. The minimum absolute atomic E-state index is 0.233. The van der Waals surface area contributed by atoms with E-state index in [4.69, 9.17) is 0 Å². The van der Waals surface area contributed by atoms with Crippen LogP contribution < -0.4 is 0 Å². The summed E-state index contributed by atoms with van der Waals surface area (Å²) in [5, 5.41) is 0. The Hall–Kier alpha value is -1.75. The van der Waals surface area contributed by atoms with E-state index in [1.165, 1.54) is 17.8 Å². The molecule has 0 fully saturated rings. The molecule has 0 amide bonds. The number of benzene rings is 2. The van der Waals surface area contributed by atoms with Crippen LogP contribution in [0.5, 0.6) is 0 Å². The number of carbonyl (C=O) groups excluding carboxylic acids is 1. The highest BCUT2D eigenvalue weighted by Crippen LogP contribution is 2.21. The highest BCUT2D eigenvalue weighted by Gasteiger charge is 2.17. The van der Waals surface area contributed by atoms with Gasteiger partial charge < -0.3 is 0 Å². The molecule has 19 heavy (non-hydrogen) atoms. The van der Waals surface area contributed by atoms with Gasteiger partial charge in [-0.1, -0.05) is 12.1 Å². The molecular weight excluding hydrogens is 273 g/mol. The Kier molecular flexibility index (Phi) is 3.95. The molecule has 5 heteroatoms. The van der Waals surface area contributed by atoms with E-state index in [0.29, 0.717) is 12.1 Å². The van der Waals surface area contributed by atoms with E-state index in [2.05, 4.69) is 0 Å². The second kappa shape index (κ2) is 5.48. The molecule has 0 aromatic heterocycles. The van der Waals surface area contributed by atoms with Crippen molar-refractivity contribution < 1.29 is 18.0 Å². The fourth-order valence-electron chi connectivity index (χ4n) is 1.62. The number of hydrogen-bond acceptors (Lipinski definition) is 2. The molecule has 2 rings (SSSR count). The van der Waals surface area contributed by atoms with Crippen LogP contribution in [0.2, 0.25) is 0 Å². The first-order valence-corrected chi connectivity index (χ1v) is 6.58. The average molecular weight is 282 g/mol. The van der Waals surface area contributed by atoms with Crippen molar-refractivity contribution in [3.05, 3.63) is 65.0 Å². The first kappa shape index (κ1) is 13.7. The molecule has 0 spiro atoms.